The first-order chi connectivity index (χ1) is 7.26. The molecule has 16 heavy (non-hydrogen) atoms. The molecule has 1 fully saturated rings. The van der Waals surface area contributed by atoms with Crippen LogP contribution in [-0.2, 0) is 4.74 Å². The molecule has 0 bridgehead atoms. The largest absolute Gasteiger partial charge is 0.444 e. The van der Waals surface area contributed by atoms with Crippen LogP contribution in [0.4, 0.5) is 4.79 Å². The number of hydrogen-bond donors (Lipinski definition) is 1. The van der Waals surface area contributed by atoms with E-state index in [1.54, 1.807) is 0 Å². The zero-order chi connectivity index (χ0) is 12.4. The predicted octanol–water partition coefficient (Wildman–Crippen LogP) is 1.27. The van der Waals surface area contributed by atoms with E-state index in [1.165, 1.54) is 0 Å². The SMILES string of the molecule is CC1(C[NH3+])CCN(C(=O)OC(C)(C)C)CC1. The number of hydrogen-bond acceptors (Lipinski definition) is 2. The van der Waals surface area contributed by atoms with Gasteiger partial charge in [0.1, 0.15) is 5.60 Å². The molecule has 4 nitrogen and oxygen atoms in total. The molecule has 0 radical (unpaired) electrons. The Morgan fingerprint density at radius 3 is 2.25 bits per heavy atom. The summed E-state index contributed by atoms with van der Waals surface area (Å²) >= 11 is 0. The molecule has 0 unspecified atom stereocenters. The van der Waals surface area contributed by atoms with Gasteiger partial charge < -0.3 is 15.4 Å². The van der Waals surface area contributed by atoms with Gasteiger partial charge in [0.05, 0.1) is 6.54 Å². The zero-order valence-corrected chi connectivity index (χ0v) is 11.0. The van der Waals surface area contributed by atoms with Crippen molar-refractivity contribution in [2.45, 2.75) is 46.1 Å². The van der Waals surface area contributed by atoms with Gasteiger partial charge in [0.25, 0.3) is 0 Å². The van der Waals surface area contributed by atoms with E-state index in [0.29, 0.717) is 5.41 Å². The van der Waals surface area contributed by atoms with Gasteiger partial charge in [-0.05, 0) is 33.6 Å². The summed E-state index contributed by atoms with van der Waals surface area (Å²) in [4.78, 5) is 13.6. The third-order valence-corrected chi connectivity index (χ3v) is 3.23. The van der Waals surface area contributed by atoms with Crippen LogP contribution >= 0.6 is 0 Å². The van der Waals surface area contributed by atoms with Gasteiger partial charge in [-0.1, -0.05) is 6.92 Å². The number of carbonyl (C=O) groups is 1. The van der Waals surface area contributed by atoms with Crippen LogP contribution in [0.5, 0.6) is 0 Å². The molecular weight excluding hydrogens is 204 g/mol. The number of nitrogens with zero attached hydrogens (tertiary/aromatic N) is 1. The lowest BCUT2D eigenvalue weighted by Crippen LogP contribution is -2.60. The highest BCUT2D eigenvalue weighted by Gasteiger charge is 2.33. The molecule has 0 aromatic rings. The maximum atomic E-state index is 11.8. The molecule has 0 aromatic heterocycles. The Morgan fingerprint density at radius 2 is 1.88 bits per heavy atom. The normalized spacial score (nSPS) is 20.7. The third kappa shape index (κ3) is 3.67. The number of amides is 1. The molecule has 1 rings (SSSR count). The summed E-state index contributed by atoms with van der Waals surface area (Å²) in [5, 5.41) is 0. The van der Waals surface area contributed by atoms with Gasteiger partial charge in [-0.25, -0.2) is 4.79 Å². The van der Waals surface area contributed by atoms with E-state index in [2.05, 4.69) is 12.7 Å². The van der Waals surface area contributed by atoms with E-state index in [4.69, 9.17) is 4.74 Å². The van der Waals surface area contributed by atoms with Crippen molar-refractivity contribution in [2.75, 3.05) is 19.6 Å². The number of carbonyl (C=O) groups excluding carboxylic acids is 1. The van der Waals surface area contributed by atoms with Crippen molar-refractivity contribution < 1.29 is 15.3 Å². The lowest BCUT2D eigenvalue weighted by molar-refractivity contribution is -0.393. The number of piperidine rings is 1. The molecule has 1 heterocycles. The van der Waals surface area contributed by atoms with Crippen molar-refractivity contribution in [1.82, 2.24) is 4.90 Å². The molecule has 94 valence electrons. The van der Waals surface area contributed by atoms with Crippen molar-refractivity contribution in [3.8, 4) is 0 Å². The van der Waals surface area contributed by atoms with Crippen molar-refractivity contribution in [1.29, 1.82) is 0 Å². The van der Waals surface area contributed by atoms with Crippen molar-refractivity contribution in [2.24, 2.45) is 5.41 Å². The second-order valence-corrected chi connectivity index (χ2v) is 6.03. The fourth-order valence-corrected chi connectivity index (χ4v) is 1.81. The lowest BCUT2D eigenvalue weighted by Gasteiger charge is -2.37. The molecule has 1 amide bonds. The Labute approximate surface area is 98.1 Å². The summed E-state index contributed by atoms with van der Waals surface area (Å²) in [5.74, 6) is 0. The highest BCUT2D eigenvalue weighted by atomic mass is 16.6. The minimum absolute atomic E-state index is 0.182. The van der Waals surface area contributed by atoms with Gasteiger partial charge in [-0.15, -0.1) is 0 Å². The maximum absolute atomic E-state index is 11.8. The summed E-state index contributed by atoms with van der Waals surface area (Å²) in [6.45, 7) is 10.5. The Bertz CT molecular complexity index is 250. The van der Waals surface area contributed by atoms with E-state index in [9.17, 15) is 4.79 Å². The molecular formula is C12H25N2O2+. The fourth-order valence-electron chi connectivity index (χ4n) is 1.81. The molecule has 0 aromatic carbocycles. The van der Waals surface area contributed by atoms with Gasteiger partial charge in [-0.2, -0.15) is 0 Å². The standard InChI is InChI=1S/C12H24N2O2/c1-11(2,3)16-10(15)14-7-5-12(4,9-13)6-8-14/h5-9,13H2,1-4H3/p+1. The van der Waals surface area contributed by atoms with Crippen LogP contribution < -0.4 is 5.73 Å². The molecule has 0 saturated carbocycles. The van der Waals surface area contributed by atoms with Crippen molar-refractivity contribution >= 4 is 6.09 Å². The summed E-state index contributed by atoms with van der Waals surface area (Å²) in [6.07, 6.45) is 1.87. The number of ether oxygens (including phenoxy) is 1. The highest BCUT2D eigenvalue weighted by molar-refractivity contribution is 5.68. The Hall–Kier alpha value is -0.770. The second-order valence-electron chi connectivity index (χ2n) is 6.03. The Balaban J connectivity index is 2.45. The molecule has 1 aliphatic heterocycles. The smallest absolute Gasteiger partial charge is 0.410 e. The van der Waals surface area contributed by atoms with Gasteiger partial charge in [0.15, 0.2) is 0 Å². The number of rotatable bonds is 1. The molecule has 0 aliphatic carbocycles. The Kier molecular flexibility index (Phi) is 3.84. The number of likely N-dealkylation sites (tertiary alicyclic amines) is 1. The van der Waals surface area contributed by atoms with E-state index in [0.717, 1.165) is 32.5 Å². The van der Waals surface area contributed by atoms with Gasteiger partial charge in [-0.3, -0.25) is 0 Å². The van der Waals surface area contributed by atoms with Gasteiger partial charge in [0, 0.05) is 18.5 Å². The predicted molar refractivity (Wildman–Crippen MR) is 62.9 cm³/mol. The van der Waals surface area contributed by atoms with E-state index in [-0.39, 0.29) is 6.09 Å². The monoisotopic (exact) mass is 229 g/mol. The lowest BCUT2D eigenvalue weighted by atomic mass is 9.81. The average Bonchev–Trinajstić information content (AvgIpc) is 2.16. The van der Waals surface area contributed by atoms with Crippen LogP contribution in [0.3, 0.4) is 0 Å². The van der Waals surface area contributed by atoms with Crippen LogP contribution in [0.1, 0.15) is 40.5 Å². The molecule has 3 N–H and O–H groups in total. The Morgan fingerprint density at radius 1 is 1.38 bits per heavy atom. The van der Waals surface area contributed by atoms with Crippen LogP contribution in [0.15, 0.2) is 0 Å². The summed E-state index contributed by atoms with van der Waals surface area (Å²) < 4.78 is 5.35. The second kappa shape index (κ2) is 4.62. The molecule has 0 spiro atoms. The van der Waals surface area contributed by atoms with Crippen LogP contribution in [-0.4, -0.2) is 36.2 Å². The molecule has 4 heteroatoms. The molecule has 1 saturated heterocycles. The quantitative estimate of drug-likeness (QED) is 0.736. The van der Waals surface area contributed by atoms with Gasteiger partial charge >= 0.3 is 6.09 Å². The zero-order valence-electron chi connectivity index (χ0n) is 11.0. The minimum atomic E-state index is -0.399. The summed E-state index contributed by atoms with van der Waals surface area (Å²) in [6, 6.07) is 0. The first-order valence-electron chi connectivity index (χ1n) is 6.03. The number of quaternary nitrogens is 1. The first-order valence-corrected chi connectivity index (χ1v) is 6.03. The molecule has 1 aliphatic rings. The highest BCUT2D eigenvalue weighted by Crippen LogP contribution is 2.29. The van der Waals surface area contributed by atoms with E-state index < -0.39 is 5.60 Å². The molecule has 0 atom stereocenters. The maximum Gasteiger partial charge on any atom is 0.410 e. The van der Waals surface area contributed by atoms with E-state index in [1.807, 2.05) is 25.7 Å². The fraction of sp³-hybridized carbons (Fsp3) is 0.917. The third-order valence-electron chi connectivity index (χ3n) is 3.23. The minimum Gasteiger partial charge on any atom is -0.444 e. The van der Waals surface area contributed by atoms with Crippen molar-refractivity contribution in [3.63, 3.8) is 0 Å². The summed E-state index contributed by atoms with van der Waals surface area (Å²) in [7, 11) is 0. The average molecular weight is 229 g/mol. The van der Waals surface area contributed by atoms with Crippen LogP contribution in [0, 0.1) is 5.41 Å². The van der Waals surface area contributed by atoms with Gasteiger partial charge in [0.2, 0.25) is 0 Å². The topological polar surface area (TPSA) is 57.2 Å². The van der Waals surface area contributed by atoms with Crippen LogP contribution in [0.25, 0.3) is 0 Å². The summed E-state index contributed by atoms with van der Waals surface area (Å²) in [5.41, 5.74) is 3.88. The first kappa shape index (κ1) is 13.3. The van der Waals surface area contributed by atoms with Crippen LogP contribution in [0.2, 0.25) is 0 Å². The van der Waals surface area contributed by atoms with Crippen molar-refractivity contribution in [3.05, 3.63) is 0 Å². The van der Waals surface area contributed by atoms with E-state index >= 15 is 0 Å².